The van der Waals surface area contributed by atoms with Gasteiger partial charge < -0.3 is 10.2 Å². The van der Waals surface area contributed by atoms with E-state index in [4.69, 9.17) is 0 Å². The fourth-order valence-electron chi connectivity index (χ4n) is 4.73. The first kappa shape index (κ1) is 19.6. The number of nitrogens with zero attached hydrogens (tertiary/aromatic N) is 3. The summed E-state index contributed by atoms with van der Waals surface area (Å²) in [6, 6.07) is 12.5. The van der Waals surface area contributed by atoms with Crippen molar-refractivity contribution in [2.75, 3.05) is 19.6 Å². The van der Waals surface area contributed by atoms with E-state index in [9.17, 15) is 9.59 Å². The van der Waals surface area contributed by atoms with E-state index in [0.717, 1.165) is 32.4 Å². The molecule has 152 valence electrons. The number of hydrogen-bond donors (Lipinski definition) is 1. The maximum Gasteiger partial charge on any atom is 0.242 e. The molecule has 1 fully saturated rings. The average molecular weight is 393 g/mol. The highest BCUT2D eigenvalue weighted by atomic mass is 16.2. The summed E-state index contributed by atoms with van der Waals surface area (Å²) in [4.78, 5) is 33.0. The van der Waals surface area contributed by atoms with Gasteiger partial charge in [-0.05, 0) is 48.6 Å². The Morgan fingerprint density at radius 2 is 2.00 bits per heavy atom. The van der Waals surface area contributed by atoms with Crippen molar-refractivity contribution in [3.05, 3.63) is 65.5 Å². The van der Waals surface area contributed by atoms with E-state index >= 15 is 0 Å². The van der Waals surface area contributed by atoms with Crippen molar-refractivity contribution in [1.82, 2.24) is 20.1 Å². The van der Waals surface area contributed by atoms with Crippen LogP contribution in [0.15, 0.2) is 48.8 Å². The van der Waals surface area contributed by atoms with Gasteiger partial charge in [-0.15, -0.1) is 0 Å². The van der Waals surface area contributed by atoms with E-state index in [1.807, 2.05) is 23.2 Å². The highest BCUT2D eigenvalue weighted by Gasteiger charge is 2.44. The number of hydrogen-bond acceptors (Lipinski definition) is 4. The normalized spacial score (nSPS) is 21.6. The van der Waals surface area contributed by atoms with Crippen molar-refractivity contribution in [2.45, 2.75) is 44.8 Å². The summed E-state index contributed by atoms with van der Waals surface area (Å²) in [6.45, 7) is 4.63. The van der Waals surface area contributed by atoms with Gasteiger partial charge in [0.15, 0.2) is 0 Å². The smallest absolute Gasteiger partial charge is 0.242 e. The van der Waals surface area contributed by atoms with Crippen LogP contribution in [0.5, 0.6) is 0 Å². The minimum absolute atomic E-state index is 0.0236. The Morgan fingerprint density at radius 3 is 2.76 bits per heavy atom. The van der Waals surface area contributed by atoms with Gasteiger partial charge >= 0.3 is 0 Å². The monoisotopic (exact) mass is 392 g/mol. The van der Waals surface area contributed by atoms with Crippen LogP contribution in [0.2, 0.25) is 0 Å². The van der Waals surface area contributed by atoms with Gasteiger partial charge in [-0.1, -0.05) is 30.3 Å². The van der Waals surface area contributed by atoms with E-state index in [1.54, 1.807) is 6.20 Å². The zero-order valence-electron chi connectivity index (χ0n) is 16.9. The lowest BCUT2D eigenvalue weighted by Gasteiger charge is -2.41. The molecule has 1 aromatic carbocycles. The van der Waals surface area contributed by atoms with Crippen LogP contribution < -0.4 is 5.32 Å². The summed E-state index contributed by atoms with van der Waals surface area (Å²) in [5.74, 6) is -0.202. The van der Waals surface area contributed by atoms with Gasteiger partial charge in [0.05, 0.1) is 6.54 Å². The molecule has 6 heteroatoms. The predicted octanol–water partition coefficient (Wildman–Crippen LogP) is 2.14. The molecule has 1 spiro atoms. The van der Waals surface area contributed by atoms with Crippen molar-refractivity contribution < 1.29 is 9.59 Å². The number of aromatic nitrogens is 1. The zero-order chi connectivity index (χ0) is 20.3. The number of carbonyl (C=O) groups excluding carboxylic acids is 2. The van der Waals surface area contributed by atoms with Gasteiger partial charge in [0.2, 0.25) is 11.8 Å². The summed E-state index contributed by atoms with van der Waals surface area (Å²) >= 11 is 0. The minimum Gasteiger partial charge on any atom is -0.347 e. The number of benzene rings is 1. The predicted molar refractivity (Wildman–Crippen MR) is 111 cm³/mol. The SMILES string of the molecule is CC(=O)NCC(=O)N1Cc2ccccc2CC2(CCCN2Cc2cccnc2)C1. The van der Waals surface area contributed by atoms with Crippen LogP contribution in [-0.2, 0) is 29.1 Å². The van der Waals surface area contributed by atoms with Crippen LogP contribution >= 0.6 is 0 Å². The molecule has 0 radical (unpaired) electrons. The van der Waals surface area contributed by atoms with Crippen LogP contribution in [0.1, 0.15) is 36.5 Å². The standard InChI is InChI=1S/C23H28N4O2/c1-18(28)25-14-22(29)26-16-21-8-3-2-7-20(21)12-23(17-26)9-5-11-27(23)15-19-6-4-10-24-13-19/h2-4,6-8,10,13H,5,9,11-12,14-17H2,1H3,(H,25,28). The minimum atomic E-state index is -0.178. The van der Waals surface area contributed by atoms with E-state index in [0.29, 0.717) is 13.1 Å². The molecule has 2 aliphatic heterocycles. The zero-order valence-corrected chi connectivity index (χ0v) is 16.9. The molecule has 1 aromatic heterocycles. The quantitative estimate of drug-likeness (QED) is 0.866. The van der Waals surface area contributed by atoms with Gasteiger partial charge in [-0.25, -0.2) is 0 Å². The molecular weight excluding hydrogens is 364 g/mol. The molecule has 1 saturated heterocycles. The van der Waals surface area contributed by atoms with Crippen LogP contribution in [0.4, 0.5) is 0 Å². The maximum absolute atomic E-state index is 13.0. The Morgan fingerprint density at radius 1 is 1.17 bits per heavy atom. The Kier molecular flexibility index (Phi) is 5.62. The molecule has 0 saturated carbocycles. The lowest BCUT2D eigenvalue weighted by Crippen LogP contribution is -2.54. The molecule has 6 nitrogen and oxygen atoms in total. The second-order valence-corrected chi connectivity index (χ2v) is 8.22. The number of pyridine rings is 1. The van der Waals surface area contributed by atoms with Crippen molar-refractivity contribution in [2.24, 2.45) is 0 Å². The number of rotatable bonds is 4. The summed E-state index contributed by atoms with van der Waals surface area (Å²) < 4.78 is 0. The molecular formula is C23H28N4O2. The first-order chi connectivity index (χ1) is 14.1. The summed E-state index contributed by atoms with van der Waals surface area (Å²) in [5.41, 5.74) is 3.63. The molecule has 29 heavy (non-hydrogen) atoms. The molecule has 4 rings (SSSR count). The third-order valence-electron chi connectivity index (χ3n) is 6.16. The Labute approximate surface area is 171 Å². The molecule has 1 N–H and O–H groups in total. The second kappa shape index (κ2) is 8.33. The van der Waals surface area contributed by atoms with Crippen molar-refractivity contribution in [3.8, 4) is 0 Å². The van der Waals surface area contributed by atoms with Crippen LogP contribution in [0.25, 0.3) is 0 Å². The number of fused-ring (bicyclic) bond motifs is 1. The molecule has 1 atom stereocenters. The van der Waals surface area contributed by atoms with Gasteiger partial charge in [0.25, 0.3) is 0 Å². The van der Waals surface area contributed by atoms with Gasteiger partial charge in [-0.3, -0.25) is 19.5 Å². The Bertz CT molecular complexity index is 885. The molecule has 3 heterocycles. The molecule has 1 unspecified atom stereocenters. The van der Waals surface area contributed by atoms with Crippen molar-refractivity contribution >= 4 is 11.8 Å². The first-order valence-corrected chi connectivity index (χ1v) is 10.3. The van der Waals surface area contributed by atoms with E-state index in [-0.39, 0.29) is 23.9 Å². The fourth-order valence-corrected chi connectivity index (χ4v) is 4.73. The van der Waals surface area contributed by atoms with Gasteiger partial charge in [0, 0.05) is 44.5 Å². The highest BCUT2D eigenvalue weighted by Crippen LogP contribution is 2.38. The number of carbonyl (C=O) groups is 2. The molecule has 2 aromatic rings. The molecule has 2 amide bonds. The number of nitrogens with one attached hydrogen (secondary N) is 1. The van der Waals surface area contributed by atoms with Crippen LogP contribution in [0.3, 0.4) is 0 Å². The van der Waals surface area contributed by atoms with Crippen molar-refractivity contribution in [3.63, 3.8) is 0 Å². The van der Waals surface area contributed by atoms with Gasteiger partial charge in [0.1, 0.15) is 0 Å². The summed E-state index contributed by atoms with van der Waals surface area (Å²) in [5, 5.41) is 2.67. The third kappa shape index (κ3) is 4.32. The number of likely N-dealkylation sites (tertiary alicyclic amines) is 1. The van der Waals surface area contributed by atoms with E-state index in [2.05, 4.69) is 39.5 Å². The Hall–Kier alpha value is -2.73. The van der Waals surface area contributed by atoms with Crippen LogP contribution in [0, 0.1) is 0 Å². The highest BCUT2D eigenvalue weighted by molar-refractivity contribution is 5.83. The average Bonchev–Trinajstić information content (AvgIpc) is 2.99. The largest absolute Gasteiger partial charge is 0.347 e. The van der Waals surface area contributed by atoms with E-state index in [1.165, 1.54) is 23.6 Å². The lowest BCUT2D eigenvalue weighted by atomic mass is 9.87. The molecule has 0 bridgehead atoms. The maximum atomic E-state index is 13.0. The van der Waals surface area contributed by atoms with Gasteiger partial charge in [-0.2, -0.15) is 0 Å². The van der Waals surface area contributed by atoms with E-state index < -0.39 is 0 Å². The number of amides is 2. The third-order valence-corrected chi connectivity index (χ3v) is 6.16. The summed E-state index contributed by atoms with van der Waals surface area (Å²) in [6.07, 6.45) is 6.85. The van der Waals surface area contributed by atoms with Crippen LogP contribution in [-0.4, -0.2) is 51.8 Å². The summed E-state index contributed by atoms with van der Waals surface area (Å²) in [7, 11) is 0. The Balaban J connectivity index is 1.63. The molecule has 0 aliphatic carbocycles. The van der Waals surface area contributed by atoms with Crippen molar-refractivity contribution in [1.29, 1.82) is 0 Å². The lowest BCUT2D eigenvalue weighted by molar-refractivity contribution is -0.134. The molecule has 2 aliphatic rings. The fraction of sp³-hybridized carbons (Fsp3) is 0.435. The first-order valence-electron chi connectivity index (χ1n) is 10.3. The topological polar surface area (TPSA) is 65.5 Å². The second-order valence-electron chi connectivity index (χ2n) is 8.22.